The fraction of sp³-hybridized carbons (Fsp3) is 0.368. The van der Waals surface area contributed by atoms with Gasteiger partial charge in [-0.15, -0.1) is 0 Å². The third kappa shape index (κ3) is 3.38. The van der Waals surface area contributed by atoms with Gasteiger partial charge in [0.05, 0.1) is 12.8 Å². The van der Waals surface area contributed by atoms with E-state index in [0.717, 1.165) is 11.4 Å². The van der Waals surface area contributed by atoms with Crippen molar-refractivity contribution in [3.8, 4) is 5.75 Å². The van der Waals surface area contributed by atoms with Crippen LogP contribution in [0.15, 0.2) is 30.3 Å². The molecule has 2 rings (SSSR count). The molecule has 112 valence electrons. The molecule has 0 fully saturated rings. The summed E-state index contributed by atoms with van der Waals surface area (Å²) in [6, 6.07) is 11.0. The normalized spacial score (nSPS) is 12.1. The lowest BCUT2D eigenvalue weighted by Crippen LogP contribution is -2.11. The molecule has 0 radical (unpaired) electrons. The lowest BCUT2D eigenvalue weighted by Gasteiger charge is -2.22. The summed E-state index contributed by atoms with van der Waals surface area (Å²) in [5.41, 5.74) is 7.58. The Kier molecular flexibility index (Phi) is 4.56. The van der Waals surface area contributed by atoms with Gasteiger partial charge < -0.3 is 10.1 Å². The molecule has 1 atom stereocenters. The molecule has 1 N–H and O–H groups in total. The number of methoxy groups -OCH3 is 1. The minimum atomic E-state index is 0.238. The number of rotatable bonds is 4. The average molecular weight is 283 g/mol. The van der Waals surface area contributed by atoms with Gasteiger partial charge in [-0.25, -0.2) is 0 Å². The Balaban J connectivity index is 2.32. The minimum absolute atomic E-state index is 0.238. The first-order valence-corrected chi connectivity index (χ1v) is 7.41. The smallest absolute Gasteiger partial charge is 0.142 e. The van der Waals surface area contributed by atoms with E-state index in [0.29, 0.717) is 0 Å². The maximum atomic E-state index is 5.48. The largest absolute Gasteiger partial charge is 0.495 e. The van der Waals surface area contributed by atoms with Crippen LogP contribution in [0.4, 0.5) is 5.69 Å². The molecule has 1 unspecified atom stereocenters. The SMILES string of the molecule is COc1cc(C)ccc1NC(C)c1c(C)cc(C)cc1C. The van der Waals surface area contributed by atoms with Crippen LogP contribution in [0.3, 0.4) is 0 Å². The van der Waals surface area contributed by atoms with Crippen LogP contribution in [0.2, 0.25) is 0 Å². The summed E-state index contributed by atoms with van der Waals surface area (Å²) in [6.07, 6.45) is 0. The van der Waals surface area contributed by atoms with Gasteiger partial charge in [-0.2, -0.15) is 0 Å². The van der Waals surface area contributed by atoms with Crippen molar-refractivity contribution in [2.75, 3.05) is 12.4 Å². The van der Waals surface area contributed by atoms with Gasteiger partial charge in [-0.05, 0) is 69.0 Å². The van der Waals surface area contributed by atoms with Crippen molar-refractivity contribution in [3.63, 3.8) is 0 Å². The van der Waals surface area contributed by atoms with Crippen molar-refractivity contribution in [3.05, 3.63) is 58.1 Å². The standard InChI is InChI=1S/C19H25NO/c1-12-7-8-17(18(11-12)21-6)20-16(5)19-14(3)9-13(2)10-15(19)4/h7-11,16,20H,1-6H3. The third-order valence-electron chi connectivity index (χ3n) is 3.90. The molecule has 2 aromatic carbocycles. The van der Waals surface area contributed by atoms with Gasteiger partial charge in [0.2, 0.25) is 0 Å². The molecule has 0 aliphatic carbocycles. The predicted molar refractivity (Wildman–Crippen MR) is 90.4 cm³/mol. The first kappa shape index (κ1) is 15.4. The molecular formula is C19H25NO. The van der Waals surface area contributed by atoms with Gasteiger partial charge in [0.25, 0.3) is 0 Å². The topological polar surface area (TPSA) is 21.3 Å². The lowest BCUT2D eigenvalue weighted by molar-refractivity contribution is 0.415. The second-order valence-electron chi connectivity index (χ2n) is 5.88. The molecule has 0 bridgehead atoms. The highest BCUT2D eigenvalue weighted by molar-refractivity contribution is 5.59. The summed E-state index contributed by atoms with van der Waals surface area (Å²) >= 11 is 0. The van der Waals surface area contributed by atoms with Crippen LogP contribution >= 0.6 is 0 Å². The Morgan fingerprint density at radius 3 is 2.10 bits per heavy atom. The van der Waals surface area contributed by atoms with Gasteiger partial charge in [0.1, 0.15) is 5.75 Å². The molecule has 21 heavy (non-hydrogen) atoms. The number of ether oxygens (including phenoxy) is 1. The molecular weight excluding hydrogens is 258 g/mol. The van der Waals surface area contributed by atoms with Crippen LogP contribution in [0.25, 0.3) is 0 Å². The summed E-state index contributed by atoms with van der Waals surface area (Å²) in [5.74, 6) is 0.893. The maximum absolute atomic E-state index is 5.48. The number of nitrogens with one attached hydrogen (secondary N) is 1. The predicted octanol–water partition coefficient (Wildman–Crippen LogP) is 5.10. The second kappa shape index (κ2) is 6.21. The quantitative estimate of drug-likeness (QED) is 0.842. The van der Waals surface area contributed by atoms with E-state index in [1.54, 1.807) is 7.11 Å². The van der Waals surface area contributed by atoms with Crippen LogP contribution in [0, 0.1) is 27.7 Å². The zero-order valence-electron chi connectivity index (χ0n) is 13.9. The van der Waals surface area contributed by atoms with Gasteiger partial charge in [-0.3, -0.25) is 0 Å². The maximum Gasteiger partial charge on any atom is 0.142 e. The molecule has 0 saturated carbocycles. The first-order chi connectivity index (χ1) is 9.92. The van der Waals surface area contributed by atoms with E-state index < -0.39 is 0 Å². The number of hydrogen-bond acceptors (Lipinski definition) is 2. The summed E-state index contributed by atoms with van der Waals surface area (Å²) in [6.45, 7) is 10.8. The van der Waals surface area contributed by atoms with Gasteiger partial charge in [-0.1, -0.05) is 23.8 Å². The van der Waals surface area contributed by atoms with Crippen LogP contribution in [-0.4, -0.2) is 7.11 Å². The summed E-state index contributed by atoms with van der Waals surface area (Å²) in [4.78, 5) is 0. The van der Waals surface area contributed by atoms with Crippen molar-refractivity contribution in [1.82, 2.24) is 0 Å². The third-order valence-corrected chi connectivity index (χ3v) is 3.90. The van der Waals surface area contributed by atoms with E-state index in [9.17, 15) is 0 Å². The number of aryl methyl sites for hydroxylation is 4. The Bertz CT molecular complexity index is 623. The summed E-state index contributed by atoms with van der Waals surface area (Å²) in [5, 5.41) is 3.58. The van der Waals surface area contributed by atoms with Crippen molar-refractivity contribution in [1.29, 1.82) is 0 Å². The molecule has 2 nitrogen and oxygen atoms in total. The zero-order valence-corrected chi connectivity index (χ0v) is 13.9. The van der Waals surface area contributed by atoms with E-state index in [2.05, 4.69) is 70.3 Å². The van der Waals surface area contributed by atoms with E-state index in [-0.39, 0.29) is 6.04 Å². The molecule has 0 saturated heterocycles. The number of anilines is 1. The average Bonchev–Trinajstić information content (AvgIpc) is 2.39. The Hall–Kier alpha value is -1.96. The van der Waals surface area contributed by atoms with Gasteiger partial charge in [0, 0.05) is 6.04 Å². The molecule has 0 aliphatic rings. The molecule has 0 heterocycles. The minimum Gasteiger partial charge on any atom is -0.495 e. The Morgan fingerprint density at radius 1 is 0.905 bits per heavy atom. The highest BCUT2D eigenvalue weighted by Crippen LogP contribution is 2.31. The Morgan fingerprint density at radius 2 is 1.52 bits per heavy atom. The van der Waals surface area contributed by atoms with Crippen LogP contribution in [-0.2, 0) is 0 Å². The first-order valence-electron chi connectivity index (χ1n) is 7.41. The van der Waals surface area contributed by atoms with Crippen LogP contribution in [0.5, 0.6) is 5.75 Å². The number of benzene rings is 2. The van der Waals surface area contributed by atoms with Gasteiger partial charge in [0.15, 0.2) is 0 Å². The summed E-state index contributed by atoms with van der Waals surface area (Å²) < 4.78 is 5.48. The Labute approximate surface area is 128 Å². The molecule has 2 aromatic rings. The van der Waals surface area contributed by atoms with Crippen molar-refractivity contribution in [2.45, 2.75) is 40.7 Å². The number of hydrogen-bond donors (Lipinski definition) is 1. The van der Waals surface area contributed by atoms with Crippen molar-refractivity contribution < 1.29 is 4.74 Å². The van der Waals surface area contributed by atoms with Gasteiger partial charge >= 0.3 is 0 Å². The van der Waals surface area contributed by atoms with E-state index in [1.165, 1.54) is 27.8 Å². The van der Waals surface area contributed by atoms with Crippen LogP contribution in [0.1, 0.15) is 40.8 Å². The fourth-order valence-corrected chi connectivity index (χ4v) is 3.10. The molecule has 2 heteroatoms. The molecule has 0 aromatic heterocycles. The highest BCUT2D eigenvalue weighted by atomic mass is 16.5. The van der Waals surface area contributed by atoms with Crippen LogP contribution < -0.4 is 10.1 Å². The molecule has 0 spiro atoms. The monoisotopic (exact) mass is 283 g/mol. The molecule has 0 aliphatic heterocycles. The molecule has 0 amide bonds. The second-order valence-corrected chi connectivity index (χ2v) is 5.88. The van der Waals surface area contributed by atoms with E-state index in [1.807, 2.05) is 0 Å². The highest BCUT2D eigenvalue weighted by Gasteiger charge is 2.14. The zero-order chi connectivity index (χ0) is 15.6. The summed E-state index contributed by atoms with van der Waals surface area (Å²) in [7, 11) is 1.72. The lowest BCUT2D eigenvalue weighted by atomic mass is 9.94. The fourth-order valence-electron chi connectivity index (χ4n) is 3.10. The van der Waals surface area contributed by atoms with E-state index >= 15 is 0 Å². The van der Waals surface area contributed by atoms with Crippen molar-refractivity contribution in [2.24, 2.45) is 0 Å². The van der Waals surface area contributed by atoms with E-state index in [4.69, 9.17) is 4.74 Å². The van der Waals surface area contributed by atoms with Crippen molar-refractivity contribution >= 4 is 5.69 Å².